The van der Waals surface area contributed by atoms with Gasteiger partial charge in [0.1, 0.15) is 5.78 Å². The number of benzene rings is 1. The van der Waals surface area contributed by atoms with Gasteiger partial charge in [-0.15, -0.1) is 0 Å². The number of imide groups is 1. The van der Waals surface area contributed by atoms with Crippen LogP contribution in [-0.4, -0.2) is 77.3 Å². The zero-order chi connectivity index (χ0) is 41.3. The molecule has 0 radical (unpaired) electrons. The van der Waals surface area contributed by atoms with Gasteiger partial charge in [-0.05, 0) is 87.2 Å². The average Bonchev–Trinajstić information content (AvgIpc) is 3.63. The Bertz CT molecular complexity index is 1600. The second-order valence-electron chi connectivity index (χ2n) is 18.0. The summed E-state index contributed by atoms with van der Waals surface area (Å²) in [5, 5.41) is 13.2. The fourth-order valence-corrected chi connectivity index (χ4v) is 9.76. The maximum Gasteiger partial charge on any atom is 0.481 e. The number of nitrogens with two attached hydrogens (primary N) is 1. The molecule has 2 aliphatic heterocycles. The lowest BCUT2D eigenvalue weighted by Gasteiger charge is -2.64. The number of rotatable bonds is 24. The van der Waals surface area contributed by atoms with Crippen molar-refractivity contribution in [1.82, 2.24) is 15.6 Å². The topological polar surface area (TPSA) is 196 Å². The van der Waals surface area contributed by atoms with E-state index in [9.17, 15) is 29.3 Å². The largest absolute Gasteiger partial charge is 0.481 e. The van der Waals surface area contributed by atoms with Gasteiger partial charge < -0.3 is 20.4 Å². The monoisotopic (exact) mass is 792 g/mol. The van der Waals surface area contributed by atoms with Crippen LogP contribution >= 0.6 is 0 Å². The molecule has 3 aliphatic carbocycles. The number of hydrazine groups is 1. The van der Waals surface area contributed by atoms with Crippen LogP contribution in [-0.2, 0) is 18.9 Å². The van der Waals surface area contributed by atoms with Crippen LogP contribution in [0.2, 0.25) is 0 Å². The molecule has 6 rings (SSSR count). The van der Waals surface area contributed by atoms with Crippen LogP contribution in [0.25, 0.3) is 0 Å². The Kier molecular flexibility index (Phi) is 15.3. The first-order valence-corrected chi connectivity index (χ1v) is 21.4. The number of nitrogens with one attached hydrogen (secondary N) is 2. The van der Waals surface area contributed by atoms with Crippen LogP contribution in [0, 0.1) is 39.2 Å². The van der Waals surface area contributed by atoms with E-state index in [1.807, 2.05) is 5.43 Å². The van der Waals surface area contributed by atoms with Crippen LogP contribution in [0.3, 0.4) is 0 Å². The Balaban J connectivity index is 1.03. The highest BCUT2D eigenvalue weighted by molar-refractivity contribution is 6.47. The summed E-state index contributed by atoms with van der Waals surface area (Å²) in [5.74, 6) is -0.543. The third-order valence-corrected chi connectivity index (χ3v) is 13.1. The van der Waals surface area contributed by atoms with Crippen molar-refractivity contribution in [3.8, 4) is 0 Å². The van der Waals surface area contributed by atoms with E-state index in [0.29, 0.717) is 55.2 Å². The van der Waals surface area contributed by atoms with Gasteiger partial charge in [0.2, 0.25) is 5.91 Å². The van der Waals surface area contributed by atoms with Crippen LogP contribution in [0.15, 0.2) is 29.3 Å². The van der Waals surface area contributed by atoms with Gasteiger partial charge in [0.15, 0.2) is 5.03 Å². The Hall–Kier alpha value is -3.85. The van der Waals surface area contributed by atoms with E-state index in [0.717, 1.165) is 70.6 Å². The number of guanidine groups is 1. The van der Waals surface area contributed by atoms with E-state index in [-0.39, 0.29) is 65.8 Å². The van der Waals surface area contributed by atoms with Gasteiger partial charge in [0.05, 0.1) is 28.8 Å². The molecule has 1 saturated heterocycles. The SMILES string of the molecule is CC(C)C[C@H](NC(=O)[C@H](CCCN=C(N)N[N+](=O)[O-])CC(=O)CCCCCCCCCCCN1C(=O)c2ccccc2C1=O)B1O[C@@H]2C[C@@H]3C[C@@H](C3(C)C)[C@]2(C)O1. The lowest BCUT2D eigenvalue weighted by molar-refractivity contribution is -0.525. The summed E-state index contributed by atoms with van der Waals surface area (Å²) in [6, 6.07) is 6.98. The minimum absolute atomic E-state index is 0.00965. The highest BCUT2D eigenvalue weighted by Crippen LogP contribution is 2.65. The quantitative estimate of drug-likeness (QED) is 0.0200. The summed E-state index contributed by atoms with van der Waals surface area (Å²) in [5.41, 5.74) is 8.20. The molecular weight excluding hydrogens is 727 g/mol. The molecule has 1 aromatic carbocycles. The van der Waals surface area contributed by atoms with Crippen molar-refractivity contribution < 1.29 is 33.5 Å². The number of unbranched alkanes of at least 4 members (excludes halogenated alkanes) is 8. The van der Waals surface area contributed by atoms with Crippen molar-refractivity contribution >= 4 is 36.6 Å². The second kappa shape index (κ2) is 19.7. The minimum Gasteiger partial charge on any atom is -0.404 e. The van der Waals surface area contributed by atoms with Gasteiger partial charge in [0.25, 0.3) is 17.8 Å². The molecule has 4 fully saturated rings. The molecule has 0 unspecified atom stereocenters. The lowest BCUT2D eigenvalue weighted by Crippen LogP contribution is -2.65. The number of carbonyl (C=O) groups is 4. The van der Waals surface area contributed by atoms with Crippen molar-refractivity contribution in [3.63, 3.8) is 0 Å². The number of nitro groups is 1. The zero-order valence-electron chi connectivity index (χ0n) is 34.8. The predicted octanol–water partition coefficient (Wildman–Crippen LogP) is 6.43. The van der Waals surface area contributed by atoms with Crippen molar-refractivity contribution in [3.05, 3.63) is 45.5 Å². The third-order valence-electron chi connectivity index (χ3n) is 13.1. The molecule has 5 aliphatic rings. The van der Waals surface area contributed by atoms with Crippen molar-refractivity contribution in [2.75, 3.05) is 13.1 Å². The van der Waals surface area contributed by atoms with Gasteiger partial charge in [-0.25, -0.2) is 15.1 Å². The molecular formula is C42H65BN6O8. The Morgan fingerprint density at radius 3 is 2.19 bits per heavy atom. The van der Waals surface area contributed by atoms with Gasteiger partial charge in [-0.1, -0.05) is 90.2 Å². The number of amides is 3. The number of carbonyl (C=O) groups excluding carboxylic acids is 4. The zero-order valence-corrected chi connectivity index (χ0v) is 34.8. The number of aliphatic imine (C=N–C) groups is 1. The fraction of sp³-hybridized carbons (Fsp3) is 0.738. The third kappa shape index (κ3) is 11.0. The van der Waals surface area contributed by atoms with E-state index >= 15 is 0 Å². The van der Waals surface area contributed by atoms with Crippen LogP contribution < -0.4 is 16.5 Å². The van der Waals surface area contributed by atoms with Crippen LogP contribution in [0.4, 0.5) is 0 Å². The number of Topliss-reactive ketones (excluding diaryl/α,β-unsaturated/α-hetero) is 1. The Morgan fingerprint density at radius 2 is 1.60 bits per heavy atom. The summed E-state index contributed by atoms with van der Waals surface area (Å²) in [6.07, 6.45) is 12.9. The summed E-state index contributed by atoms with van der Waals surface area (Å²) in [7, 11) is -0.569. The molecule has 314 valence electrons. The standard InChI is InChI=1S/C42H65BN6O8/c1-28(2)24-36(43-56-35-27-30-26-34(41(30,3)4)42(35,5)57-43)46-37(51)29(18-17-22-45-40(44)47-49(54)55)25-31(50)19-13-11-9-7-6-8-10-12-16-23-48-38(52)32-20-14-15-21-33(32)39(48)53/h14-15,20-21,28-30,34-36H,6-13,16-19,22-27H2,1-5H3,(H,46,51)(H3,44,45,47)/t29-,30+,34+,35-,36+,42+/m1/s1. The summed E-state index contributed by atoms with van der Waals surface area (Å²) in [4.78, 5) is 68.4. The van der Waals surface area contributed by atoms with E-state index < -0.39 is 23.7 Å². The number of ketones is 1. The fourth-order valence-electron chi connectivity index (χ4n) is 9.76. The van der Waals surface area contributed by atoms with Crippen molar-refractivity contribution in [1.29, 1.82) is 0 Å². The first-order valence-electron chi connectivity index (χ1n) is 21.4. The lowest BCUT2D eigenvalue weighted by atomic mass is 9.43. The number of nitrogens with zero attached hydrogens (tertiary/aromatic N) is 3. The first-order chi connectivity index (χ1) is 27.1. The number of hydrogen-bond acceptors (Lipinski definition) is 9. The van der Waals surface area contributed by atoms with E-state index in [4.69, 9.17) is 15.0 Å². The van der Waals surface area contributed by atoms with Crippen molar-refractivity contribution in [2.24, 2.45) is 39.8 Å². The van der Waals surface area contributed by atoms with E-state index in [2.05, 4.69) is 44.9 Å². The Labute approximate surface area is 338 Å². The average molecular weight is 793 g/mol. The number of fused-ring (bicyclic) bond motifs is 1. The molecule has 14 nitrogen and oxygen atoms in total. The highest BCUT2D eigenvalue weighted by Gasteiger charge is 2.68. The smallest absolute Gasteiger partial charge is 0.404 e. The highest BCUT2D eigenvalue weighted by atomic mass is 16.7. The Morgan fingerprint density at radius 1 is 0.982 bits per heavy atom. The molecule has 6 atom stereocenters. The molecule has 0 spiro atoms. The minimum atomic E-state index is -0.775. The molecule has 2 heterocycles. The van der Waals surface area contributed by atoms with Crippen molar-refractivity contribution in [2.45, 2.75) is 155 Å². The molecule has 3 saturated carbocycles. The molecule has 1 aromatic rings. The summed E-state index contributed by atoms with van der Waals surface area (Å²) >= 11 is 0. The normalized spacial score (nSPS) is 24.5. The van der Waals surface area contributed by atoms with Crippen LogP contribution in [0.5, 0.6) is 0 Å². The van der Waals surface area contributed by atoms with E-state index in [1.165, 1.54) is 4.90 Å². The molecule has 3 amide bonds. The maximum atomic E-state index is 14.0. The maximum absolute atomic E-state index is 14.0. The molecule has 2 bridgehead atoms. The van der Waals surface area contributed by atoms with Gasteiger partial charge in [0, 0.05) is 31.8 Å². The van der Waals surface area contributed by atoms with Crippen LogP contribution in [0.1, 0.15) is 158 Å². The second-order valence-corrected chi connectivity index (χ2v) is 18.0. The predicted molar refractivity (Wildman–Crippen MR) is 218 cm³/mol. The molecule has 15 heteroatoms. The molecule has 57 heavy (non-hydrogen) atoms. The molecule has 0 aromatic heterocycles. The van der Waals surface area contributed by atoms with Gasteiger partial charge in [-0.2, -0.15) is 0 Å². The number of hydrogen-bond donors (Lipinski definition) is 3. The van der Waals surface area contributed by atoms with Gasteiger partial charge in [-0.3, -0.25) is 24.1 Å². The van der Waals surface area contributed by atoms with Gasteiger partial charge >= 0.3 is 7.12 Å². The summed E-state index contributed by atoms with van der Waals surface area (Å²) < 4.78 is 13.3. The van der Waals surface area contributed by atoms with E-state index in [1.54, 1.807) is 24.3 Å². The molecule has 4 N–H and O–H groups in total. The first kappa shape index (κ1) is 44.3. The summed E-state index contributed by atoms with van der Waals surface area (Å²) in [6.45, 7) is 11.7.